The number of rotatable bonds is 6. The zero-order valence-electron chi connectivity index (χ0n) is 10.8. The molecule has 1 aliphatic rings. The third-order valence-corrected chi connectivity index (χ3v) is 3.15. The fourth-order valence-corrected chi connectivity index (χ4v) is 1.82. The molecule has 0 aromatic heterocycles. The molecule has 1 rings (SSSR count). The third-order valence-electron chi connectivity index (χ3n) is 3.15. The number of hydrogen-bond donors (Lipinski definition) is 2. The second kappa shape index (κ2) is 6.49. The van der Waals surface area contributed by atoms with Gasteiger partial charge in [0.1, 0.15) is 12.6 Å². The van der Waals surface area contributed by atoms with Crippen molar-refractivity contribution in [2.45, 2.75) is 45.3 Å². The minimum atomic E-state index is -0.536. The molecule has 1 fully saturated rings. The maximum atomic E-state index is 11.6. The van der Waals surface area contributed by atoms with Crippen LogP contribution in [0.25, 0.3) is 0 Å². The molecule has 3 N–H and O–H groups in total. The van der Waals surface area contributed by atoms with E-state index in [1.807, 2.05) is 0 Å². The summed E-state index contributed by atoms with van der Waals surface area (Å²) in [5, 5.41) is 2.65. The summed E-state index contributed by atoms with van der Waals surface area (Å²) in [5.74, 6) is -0.875. The molecule has 0 unspecified atom stereocenters. The van der Waals surface area contributed by atoms with Gasteiger partial charge < -0.3 is 15.8 Å². The first-order chi connectivity index (χ1) is 8.41. The van der Waals surface area contributed by atoms with Gasteiger partial charge in [-0.2, -0.15) is 0 Å². The van der Waals surface area contributed by atoms with E-state index < -0.39 is 6.04 Å². The van der Waals surface area contributed by atoms with Crippen molar-refractivity contribution < 1.29 is 19.1 Å². The van der Waals surface area contributed by atoms with Crippen LogP contribution < -0.4 is 11.1 Å². The molecular formula is C12H20N2O4. The maximum absolute atomic E-state index is 11.6. The third kappa shape index (κ3) is 4.10. The Balaban J connectivity index is 2.25. The van der Waals surface area contributed by atoms with Crippen molar-refractivity contribution in [2.24, 2.45) is 11.7 Å². The first-order valence-corrected chi connectivity index (χ1v) is 6.14. The van der Waals surface area contributed by atoms with Crippen LogP contribution in [0.2, 0.25) is 0 Å². The smallest absolute Gasteiger partial charge is 0.220 e. The van der Waals surface area contributed by atoms with Gasteiger partial charge in [0.25, 0.3) is 0 Å². The molecule has 3 atom stereocenters. The fraction of sp³-hybridized carbons (Fsp3) is 0.750. The lowest BCUT2D eigenvalue weighted by Crippen LogP contribution is -2.43. The van der Waals surface area contributed by atoms with E-state index in [2.05, 4.69) is 5.32 Å². The quantitative estimate of drug-likeness (QED) is 0.684. The molecule has 18 heavy (non-hydrogen) atoms. The number of hydrogen-bond acceptors (Lipinski definition) is 4. The predicted molar refractivity (Wildman–Crippen MR) is 64.6 cm³/mol. The Kier molecular flexibility index (Phi) is 5.27. The van der Waals surface area contributed by atoms with Crippen LogP contribution in [0.15, 0.2) is 0 Å². The van der Waals surface area contributed by atoms with Crippen molar-refractivity contribution in [3.63, 3.8) is 0 Å². The van der Waals surface area contributed by atoms with Crippen LogP contribution in [0.4, 0.5) is 0 Å². The number of amides is 2. The molecule has 0 radical (unpaired) electrons. The summed E-state index contributed by atoms with van der Waals surface area (Å²) in [6.07, 6.45) is 1.17. The second-order valence-electron chi connectivity index (χ2n) is 4.72. The highest BCUT2D eigenvalue weighted by Gasteiger charge is 2.33. The summed E-state index contributed by atoms with van der Waals surface area (Å²) in [7, 11) is 0. The van der Waals surface area contributed by atoms with E-state index in [1.54, 1.807) is 13.8 Å². The first-order valence-electron chi connectivity index (χ1n) is 6.14. The molecule has 0 aromatic carbocycles. The van der Waals surface area contributed by atoms with E-state index >= 15 is 0 Å². The summed E-state index contributed by atoms with van der Waals surface area (Å²) in [4.78, 5) is 33.8. The summed E-state index contributed by atoms with van der Waals surface area (Å²) < 4.78 is 5.13. The van der Waals surface area contributed by atoms with Crippen LogP contribution >= 0.6 is 0 Å². The lowest BCUT2D eigenvalue weighted by Gasteiger charge is -2.14. The Bertz CT molecular complexity index is 343. The highest BCUT2D eigenvalue weighted by atomic mass is 16.5. The van der Waals surface area contributed by atoms with Gasteiger partial charge in [-0.3, -0.25) is 14.4 Å². The monoisotopic (exact) mass is 256 g/mol. The van der Waals surface area contributed by atoms with E-state index in [0.717, 1.165) is 0 Å². The van der Waals surface area contributed by atoms with E-state index in [-0.39, 0.29) is 42.6 Å². The number of ether oxygens (including phenoxy) is 1. The Labute approximate surface area is 106 Å². The van der Waals surface area contributed by atoms with Gasteiger partial charge >= 0.3 is 0 Å². The number of Topliss-reactive ketones (excluding diaryl/α,β-unsaturated/α-hetero) is 1. The Morgan fingerprint density at radius 3 is 2.72 bits per heavy atom. The Hall–Kier alpha value is -1.43. The molecule has 6 nitrogen and oxygen atoms in total. The van der Waals surface area contributed by atoms with Crippen LogP contribution in [0.3, 0.4) is 0 Å². The fourth-order valence-electron chi connectivity index (χ4n) is 1.82. The molecular weight excluding hydrogens is 236 g/mol. The van der Waals surface area contributed by atoms with Crippen molar-refractivity contribution in [3.05, 3.63) is 0 Å². The topological polar surface area (TPSA) is 98.5 Å². The van der Waals surface area contributed by atoms with Gasteiger partial charge in [-0.05, 0) is 19.8 Å². The molecule has 1 aliphatic heterocycles. The maximum Gasteiger partial charge on any atom is 0.220 e. The molecule has 0 saturated carbocycles. The Morgan fingerprint density at radius 2 is 2.22 bits per heavy atom. The van der Waals surface area contributed by atoms with E-state index in [0.29, 0.717) is 12.8 Å². The number of nitrogens with two attached hydrogens (primary N) is 1. The van der Waals surface area contributed by atoms with Gasteiger partial charge in [-0.15, -0.1) is 0 Å². The van der Waals surface area contributed by atoms with Crippen LogP contribution in [0.5, 0.6) is 0 Å². The van der Waals surface area contributed by atoms with Crippen molar-refractivity contribution in [2.75, 3.05) is 6.61 Å². The molecule has 6 heteroatoms. The normalized spacial score (nSPS) is 24.9. The summed E-state index contributed by atoms with van der Waals surface area (Å²) >= 11 is 0. The molecule has 0 spiro atoms. The predicted octanol–water partition coefficient (Wildman–Crippen LogP) is -0.249. The van der Waals surface area contributed by atoms with Gasteiger partial charge in [0.15, 0.2) is 5.78 Å². The Morgan fingerprint density at radius 1 is 1.56 bits per heavy atom. The number of carbonyl (C=O) groups excluding carboxylic acids is 3. The lowest BCUT2D eigenvalue weighted by atomic mass is 10.0. The highest BCUT2D eigenvalue weighted by molar-refractivity contribution is 5.91. The standard InChI is InChI=1S/C12H20N2O4/c1-7(12(13)17)4-3-5-10(16)14-11-8(2)18-6-9(11)15/h7-8,11H,3-6H2,1-2H3,(H2,13,17)(H,14,16)/t7-,8-,11-/m0/s1. The van der Waals surface area contributed by atoms with Crippen molar-refractivity contribution >= 4 is 17.6 Å². The van der Waals surface area contributed by atoms with E-state index in [9.17, 15) is 14.4 Å². The lowest BCUT2D eigenvalue weighted by molar-refractivity contribution is -0.126. The summed E-state index contributed by atoms with van der Waals surface area (Å²) in [6.45, 7) is 3.55. The van der Waals surface area contributed by atoms with Crippen LogP contribution in [0.1, 0.15) is 33.1 Å². The first kappa shape index (κ1) is 14.6. The molecule has 2 amide bonds. The minimum Gasteiger partial charge on any atom is -0.369 e. The number of nitrogens with one attached hydrogen (secondary N) is 1. The number of primary amides is 1. The van der Waals surface area contributed by atoms with Crippen molar-refractivity contribution in [1.82, 2.24) is 5.32 Å². The number of carbonyl (C=O) groups is 3. The second-order valence-corrected chi connectivity index (χ2v) is 4.72. The van der Waals surface area contributed by atoms with Gasteiger partial charge in [0, 0.05) is 12.3 Å². The number of ketones is 1. The molecule has 102 valence electrons. The van der Waals surface area contributed by atoms with Gasteiger partial charge in [0.2, 0.25) is 11.8 Å². The van der Waals surface area contributed by atoms with Gasteiger partial charge in [-0.25, -0.2) is 0 Å². The van der Waals surface area contributed by atoms with E-state index in [1.165, 1.54) is 0 Å². The van der Waals surface area contributed by atoms with Crippen molar-refractivity contribution in [1.29, 1.82) is 0 Å². The average Bonchev–Trinajstić information content (AvgIpc) is 2.60. The van der Waals surface area contributed by atoms with E-state index in [4.69, 9.17) is 10.5 Å². The summed E-state index contributed by atoms with van der Waals surface area (Å²) in [6, 6.07) is -0.536. The average molecular weight is 256 g/mol. The van der Waals surface area contributed by atoms with Crippen LogP contribution in [-0.4, -0.2) is 36.4 Å². The SMILES string of the molecule is C[C@@H]1OCC(=O)[C@H]1NC(=O)CCC[C@H](C)C(N)=O. The zero-order valence-corrected chi connectivity index (χ0v) is 10.8. The summed E-state index contributed by atoms with van der Waals surface area (Å²) in [5.41, 5.74) is 5.12. The molecule has 0 aliphatic carbocycles. The zero-order chi connectivity index (χ0) is 13.7. The molecule has 1 saturated heterocycles. The van der Waals surface area contributed by atoms with Crippen LogP contribution in [-0.2, 0) is 19.1 Å². The minimum absolute atomic E-state index is 0.0603. The largest absolute Gasteiger partial charge is 0.369 e. The molecule has 1 heterocycles. The van der Waals surface area contributed by atoms with Crippen LogP contribution in [0, 0.1) is 5.92 Å². The van der Waals surface area contributed by atoms with Crippen molar-refractivity contribution in [3.8, 4) is 0 Å². The highest BCUT2D eigenvalue weighted by Crippen LogP contribution is 2.11. The molecule has 0 aromatic rings. The van der Waals surface area contributed by atoms with Gasteiger partial charge in [0.05, 0.1) is 6.10 Å². The van der Waals surface area contributed by atoms with Gasteiger partial charge in [-0.1, -0.05) is 6.92 Å². The molecule has 0 bridgehead atoms.